The van der Waals surface area contributed by atoms with Crippen LogP contribution in [-0.2, 0) is 17.0 Å². The number of nitrogens with zero attached hydrogens (tertiary/aromatic N) is 1. The highest BCUT2D eigenvalue weighted by molar-refractivity contribution is 6.32. The minimum atomic E-state index is -1.95. The second-order valence-corrected chi connectivity index (χ2v) is 8.50. The number of benzene rings is 4. The van der Waals surface area contributed by atoms with E-state index in [4.69, 9.17) is 21.1 Å². The van der Waals surface area contributed by atoms with Crippen LogP contribution >= 0.6 is 11.6 Å². The van der Waals surface area contributed by atoms with Crippen molar-refractivity contribution in [3.63, 3.8) is 0 Å². The van der Waals surface area contributed by atoms with Gasteiger partial charge in [0.05, 0.1) is 18.3 Å². The first-order valence-corrected chi connectivity index (χ1v) is 11.7. The molecule has 2 N–H and O–H groups in total. The molecule has 0 atom stereocenters. The van der Waals surface area contributed by atoms with Crippen LogP contribution in [0.4, 0.5) is 4.39 Å². The van der Waals surface area contributed by atoms with E-state index in [9.17, 15) is 14.3 Å². The van der Waals surface area contributed by atoms with Gasteiger partial charge in [0, 0.05) is 0 Å². The number of hydrogen-bond donors (Lipinski definition) is 2. The summed E-state index contributed by atoms with van der Waals surface area (Å²) < 4.78 is 24.3. The summed E-state index contributed by atoms with van der Waals surface area (Å²) in [5, 5.41) is 15.8. The maximum absolute atomic E-state index is 13.2. The Morgan fingerprint density at radius 1 is 1.00 bits per heavy atom. The molecule has 0 spiro atoms. The van der Waals surface area contributed by atoms with Crippen LogP contribution in [0.15, 0.2) is 102 Å². The molecule has 0 aliphatic heterocycles. The van der Waals surface area contributed by atoms with Crippen LogP contribution in [0.2, 0.25) is 5.02 Å². The van der Waals surface area contributed by atoms with Crippen molar-refractivity contribution >= 4 is 23.7 Å². The van der Waals surface area contributed by atoms with Crippen molar-refractivity contribution in [3.8, 4) is 11.5 Å². The highest BCUT2D eigenvalue weighted by Gasteiger charge is 2.39. The number of ether oxygens (including phenoxy) is 2. The molecule has 37 heavy (non-hydrogen) atoms. The molecular formula is C29H24ClFN2O4. The molecule has 0 radical (unpaired) electrons. The second kappa shape index (κ2) is 11.7. The first kappa shape index (κ1) is 25.9. The highest BCUT2D eigenvalue weighted by atomic mass is 35.5. The lowest BCUT2D eigenvalue weighted by Gasteiger charge is -2.27. The molecule has 8 heteroatoms. The van der Waals surface area contributed by atoms with E-state index in [-0.39, 0.29) is 17.4 Å². The van der Waals surface area contributed by atoms with E-state index < -0.39 is 11.5 Å². The lowest BCUT2D eigenvalue weighted by molar-refractivity contribution is -0.136. The molecule has 188 valence electrons. The maximum atomic E-state index is 13.2. The molecule has 1 amide bonds. The van der Waals surface area contributed by atoms with Gasteiger partial charge in [-0.1, -0.05) is 84.4 Å². The average molecular weight is 519 g/mol. The van der Waals surface area contributed by atoms with E-state index in [1.165, 1.54) is 25.5 Å². The van der Waals surface area contributed by atoms with Gasteiger partial charge in [0.25, 0.3) is 5.91 Å². The molecule has 4 aromatic carbocycles. The number of rotatable bonds is 9. The first-order valence-electron chi connectivity index (χ1n) is 11.3. The van der Waals surface area contributed by atoms with Crippen LogP contribution < -0.4 is 14.9 Å². The summed E-state index contributed by atoms with van der Waals surface area (Å²) in [7, 11) is 1.47. The predicted molar refractivity (Wildman–Crippen MR) is 140 cm³/mol. The fourth-order valence-electron chi connectivity index (χ4n) is 3.72. The number of methoxy groups -OCH3 is 1. The third-order valence-corrected chi connectivity index (χ3v) is 5.92. The Labute approximate surface area is 218 Å². The van der Waals surface area contributed by atoms with Gasteiger partial charge in [-0.3, -0.25) is 4.79 Å². The molecule has 0 heterocycles. The van der Waals surface area contributed by atoms with Crippen molar-refractivity contribution < 1.29 is 23.8 Å². The standard InChI is InChI=1S/C29H24ClFN2O4/c1-36-26-17-21(16-25(30)27(26)37-19-20-12-14-24(31)15-13-20)18-32-33-28(34)29(35,22-8-4-2-5-9-22)23-10-6-3-7-11-23/h2-18,35H,19H2,1H3,(H,33,34)/b32-18-. The van der Waals surface area contributed by atoms with Gasteiger partial charge in [0.2, 0.25) is 0 Å². The number of aliphatic hydroxyl groups is 1. The van der Waals surface area contributed by atoms with Gasteiger partial charge in [-0.15, -0.1) is 0 Å². The molecule has 0 aliphatic carbocycles. The summed E-state index contributed by atoms with van der Waals surface area (Å²) >= 11 is 6.42. The fraction of sp³-hybridized carbons (Fsp3) is 0.103. The zero-order valence-electron chi connectivity index (χ0n) is 19.9. The molecule has 0 bridgehead atoms. The molecule has 0 fully saturated rings. The van der Waals surface area contributed by atoms with Crippen molar-refractivity contribution in [2.24, 2.45) is 5.10 Å². The Hall–Kier alpha value is -4.20. The molecule has 0 unspecified atom stereocenters. The smallest absolute Gasteiger partial charge is 0.281 e. The molecule has 4 rings (SSSR count). The topological polar surface area (TPSA) is 80.2 Å². The van der Waals surface area contributed by atoms with Crippen LogP contribution in [0.25, 0.3) is 0 Å². The van der Waals surface area contributed by atoms with E-state index in [1.807, 2.05) is 0 Å². The molecular weight excluding hydrogens is 495 g/mol. The van der Waals surface area contributed by atoms with Crippen LogP contribution in [0.3, 0.4) is 0 Å². The van der Waals surface area contributed by atoms with E-state index >= 15 is 0 Å². The predicted octanol–water partition coefficient (Wildman–Crippen LogP) is 5.45. The number of nitrogens with one attached hydrogen (secondary N) is 1. The Kier molecular flexibility index (Phi) is 8.18. The first-order chi connectivity index (χ1) is 17.9. The van der Waals surface area contributed by atoms with E-state index in [0.29, 0.717) is 28.2 Å². The fourth-order valence-corrected chi connectivity index (χ4v) is 4.00. The SMILES string of the molecule is COc1cc(/C=N\NC(=O)C(O)(c2ccccc2)c2ccccc2)cc(Cl)c1OCc1ccc(F)cc1. The maximum Gasteiger partial charge on any atom is 0.281 e. The summed E-state index contributed by atoms with van der Waals surface area (Å²) in [4.78, 5) is 13.2. The van der Waals surface area contributed by atoms with Gasteiger partial charge in [0.1, 0.15) is 12.4 Å². The molecule has 0 saturated carbocycles. The van der Waals surface area contributed by atoms with Gasteiger partial charge in [0.15, 0.2) is 17.1 Å². The summed E-state index contributed by atoms with van der Waals surface area (Å²) in [5.41, 5.74) is 2.57. The van der Waals surface area contributed by atoms with Crippen molar-refractivity contribution in [3.05, 3.63) is 130 Å². The number of carbonyl (C=O) groups excluding carboxylic acids is 1. The van der Waals surface area contributed by atoms with Gasteiger partial charge in [-0.2, -0.15) is 5.10 Å². The number of hydrogen-bond acceptors (Lipinski definition) is 5. The Bertz CT molecular complexity index is 1340. The zero-order chi connectivity index (χ0) is 26.3. The third-order valence-electron chi connectivity index (χ3n) is 5.64. The van der Waals surface area contributed by atoms with Gasteiger partial charge < -0.3 is 14.6 Å². The van der Waals surface area contributed by atoms with Crippen molar-refractivity contribution in [2.45, 2.75) is 12.2 Å². The van der Waals surface area contributed by atoms with Crippen molar-refractivity contribution in [1.29, 1.82) is 0 Å². The monoisotopic (exact) mass is 518 g/mol. The quantitative estimate of drug-likeness (QED) is 0.228. The molecule has 0 aromatic heterocycles. The largest absolute Gasteiger partial charge is 0.493 e. The molecule has 4 aromatic rings. The molecule has 6 nitrogen and oxygen atoms in total. The number of hydrazone groups is 1. The average Bonchev–Trinajstić information content (AvgIpc) is 2.93. The van der Waals surface area contributed by atoms with Gasteiger partial charge >= 0.3 is 0 Å². The summed E-state index contributed by atoms with van der Waals surface area (Å²) in [5.74, 6) is -0.385. The second-order valence-electron chi connectivity index (χ2n) is 8.09. The lowest BCUT2D eigenvalue weighted by atomic mass is 9.85. The Balaban J connectivity index is 1.52. The normalized spacial score (nSPS) is 11.4. The van der Waals surface area contributed by atoms with Gasteiger partial charge in [-0.05, 0) is 46.5 Å². The molecule has 0 saturated heterocycles. The minimum Gasteiger partial charge on any atom is -0.493 e. The Morgan fingerprint density at radius 3 is 2.16 bits per heavy atom. The van der Waals surface area contributed by atoms with Crippen LogP contribution in [0.5, 0.6) is 11.5 Å². The van der Waals surface area contributed by atoms with E-state index in [2.05, 4.69) is 10.5 Å². The van der Waals surface area contributed by atoms with Crippen LogP contribution in [-0.4, -0.2) is 24.3 Å². The Morgan fingerprint density at radius 2 is 1.59 bits per heavy atom. The summed E-state index contributed by atoms with van der Waals surface area (Å²) in [6, 6.07) is 26.4. The summed E-state index contributed by atoms with van der Waals surface area (Å²) in [6.07, 6.45) is 1.38. The molecule has 0 aliphatic rings. The number of amides is 1. The van der Waals surface area contributed by atoms with Crippen LogP contribution in [0.1, 0.15) is 22.3 Å². The summed E-state index contributed by atoms with van der Waals surface area (Å²) in [6.45, 7) is 0.164. The highest BCUT2D eigenvalue weighted by Crippen LogP contribution is 2.36. The number of halogens is 2. The lowest BCUT2D eigenvalue weighted by Crippen LogP contribution is -2.43. The zero-order valence-corrected chi connectivity index (χ0v) is 20.7. The van der Waals surface area contributed by atoms with E-state index in [0.717, 1.165) is 5.56 Å². The van der Waals surface area contributed by atoms with Gasteiger partial charge in [-0.25, -0.2) is 9.82 Å². The van der Waals surface area contributed by atoms with E-state index in [1.54, 1.807) is 84.9 Å². The van der Waals surface area contributed by atoms with Crippen molar-refractivity contribution in [2.75, 3.05) is 7.11 Å². The van der Waals surface area contributed by atoms with Crippen molar-refractivity contribution in [1.82, 2.24) is 5.43 Å². The number of carbonyl (C=O) groups is 1. The minimum absolute atomic E-state index is 0.164. The third kappa shape index (κ3) is 5.97. The van der Waals surface area contributed by atoms with Crippen LogP contribution in [0, 0.1) is 5.82 Å².